The Morgan fingerprint density at radius 1 is 1.27 bits per heavy atom. The van der Waals surface area contributed by atoms with Crippen molar-refractivity contribution in [2.75, 3.05) is 43.6 Å². The molecule has 2 rings (SSSR count). The van der Waals surface area contributed by atoms with Crippen molar-refractivity contribution in [1.29, 1.82) is 0 Å². The van der Waals surface area contributed by atoms with E-state index in [1.807, 2.05) is 18.2 Å². The number of likely N-dealkylation sites (N-methyl/N-ethyl adjacent to an activating group) is 1. The maximum absolute atomic E-state index is 5.33. The minimum atomic E-state index is 0.714. The van der Waals surface area contributed by atoms with E-state index in [9.17, 15) is 0 Å². The molecule has 1 aliphatic heterocycles. The zero-order valence-electron chi connectivity index (χ0n) is 8.98. The number of pyridine rings is 1. The first-order valence-corrected chi connectivity index (χ1v) is 5.17. The van der Waals surface area contributed by atoms with Gasteiger partial charge in [-0.1, -0.05) is 6.07 Å². The third-order valence-electron chi connectivity index (χ3n) is 2.71. The molecule has 0 radical (unpaired) electrons. The highest BCUT2D eigenvalue weighted by Crippen LogP contribution is 2.15. The number of aromatic nitrogens is 1. The molecular weight excluding hydrogens is 190 g/mol. The molecule has 0 unspecified atom stereocenters. The van der Waals surface area contributed by atoms with Crippen LogP contribution in [-0.2, 0) is 0 Å². The van der Waals surface area contributed by atoms with Gasteiger partial charge in [-0.2, -0.15) is 0 Å². The lowest BCUT2D eigenvalue weighted by Crippen LogP contribution is -2.44. The van der Waals surface area contributed by atoms with Crippen molar-refractivity contribution in [3.63, 3.8) is 0 Å². The van der Waals surface area contributed by atoms with Gasteiger partial charge in [0.1, 0.15) is 11.6 Å². The molecule has 0 aliphatic carbocycles. The number of nitrogens with two attached hydrogens (primary N) is 1. The Kier molecular flexibility index (Phi) is 3.03. The van der Waals surface area contributed by atoms with Crippen LogP contribution in [0.25, 0.3) is 0 Å². The lowest BCUT2D eigenvalue weighted by atomic mass is 10.3. The highest BCUT2D eigenvalue weighted by atomic mass is 15.3. The van der Waals surface area contributed by atoms with Gasteiger partial charge in [-0.05, 0) is 19.2 Å². The first kappa shape index (κ1) is 10.2. The van der Waals surface area contributed by atoms with Crippen LogP contribution in [0, 0.1) is 0 Å². The predicted octanol–water partition coefficient (Wildman–Crippen LogP) is 0.119. The van der Waals surface area contributed by atoms with Crippen LogP contribution >= 0.6 is 0 Å². The van der Waals surface area contributed by atoms with Crippen molar-refractivity contribution in [3.05, 3.63) is 18.2 Å². The van der Waals surface area contributed by atoms with Crippen molar-refractivity contribution in [2.45, 2.75) is 0 Å². The fourth-order valence-electron chi connectivity index (χ4n) is 1.72. The Morgan fingerprint density at radius 3 is 2.67 bits per heavy atom. The average Bonchev–Trinajstić information content (AvgIpc) is 2.30. The summed E-state index contributed by atoms with van der Waals surface area (Å²) in [5, 5.41) is 0. The normalized spacial score (nSPS) is 17.9. The van der Waals surface area contributed by atoms with Gasteiger partial charge in [0, 0.05) is 26.2 Å². The highest BCUT2D eigenvalue weighted by molar-refractivity contribution is 5.46. The average molecular weight is 207 g/mol. The molecule has 1 aromatic rings. The standard InChI is InChI=1S/C10H17N5/c1-14-5-7-15(8-6-14)10-4-2-3-9(12-10)13-11/h2-4H,5-8,11H2,1H3,(H,12,13). The third-order valence-corrected chi connectivity index (χ3v) is 2.71. The van der Waals surface area contributed by atoms with Crippen LogP contribution in [0.4, 0.5) is 11.6 Å². The van der Waals surface area contributed by atoms with E-state index in [4.69, 9.17) is 5.84 Å². The van der Waals surface area contributed by atoms with E-state index < -0.39 is 0 Å². The molecule has 2 heterocycles. The first-order chi connectivity index (χ1) is 7.29. The van der Waals surface area contributed by atoms with E-state index >= 15 is 0 Å². The number of rotatable bonds is 2. The Balaban J connectivity index is 2.08. The van der Waals surface area contributed by atoms with Crippen LogP contribution in [0.1, 0.15) is 0 Å². The van der Waals surface area contributed by atoms with Gasteiger partial charge in [0.2, 0.25) is 0 Å². The summed E-state index contributed by atoms with van der Waals surface area (Å²) in [7, 11) is 2.14. The van der Waals surface area contributed by atoms with Crippen molar-refractivity contribution >= 4 is 11.6 Å². The van der Waals surface area contributed by atoms with Gasteiger partial charge in [-0.15, -0.1) is 0 Å². The second-order valence-electron chi connectivity index (χ2n) is 3.82. The Hall–Kier alpha value is -1.33. The highest BCUT2D eigenvalue weighted by Gasteiger charge is 2.14. The molecular formula is C10H17N5. The number of anilines is 2. The van der Waals surface area contributed by atoms with Gasteiger partial charge in [0.05, 0.1) is 0 Å². The summed E-state index contributed by atoms with van der Waals surface area (Å²) in [6.07, 6.45) is 0. The second-order valence-corrected chi connectivity index (χ2v) is 3.82. The van der Waals surface area contributed by atoms with Crippen molar-refractivity contribution in [2.24, 2.45) is 5.84 Å². The summed E-state index contributed by atoms with van der Waals surface area (Å²) in [5.41, 5.74) is 2.57. The number of nitrogens with one attached hydrogen (secondary N) is 1. The largest absolute Gasteiger partial charge is 0.354 e. The lowest BCUT2D eigenvalue weighted by molar-refractivity contribution is 0.312. The van der Waals surface area contributed by atoms with E-state index in [1.54, 1.807) is 0 Å². The molecule has 0 saturated carbocycles. The van der Waals surface area contributed by atoms with Crippen molar-refractivity contribution in [1.82, 2.24) is 9.88 Å². The number of hydrazine groups is 1. The molecule has 1 saturated heterocycles. The fourth-order valence-corrected chi connectivity index (χ4v) is 1.72. The monoisotopic (exact) mass is 207 g/mol. The third kappa shape index (κ3) is 2.37. The summed E-state index contributed by atoms with van der Waals surface area (Å²) in [6.45, 7) is 4.22. The molecule has 15 heavy (non-hydrogen) atoms. The molecule has 0 atom stereocenters. The van der Waals surface area contributed by atoms with Crippen molar-refractivity contribution in [3.8, 4) is 0 Å². The molecule has 0 aromatic carbocycles. The summed E-state index contributed by atoms with van der Waals surface area (Å²) in [4.78, 5) is 9.01. The predicted molar refractivity (Wildman–Crippen MR) is 61.8 cm³/mol. The molecule has 5 heteroatoms. The van der Waals surface area contributed by atoms with Crippen LogP contribution in [0.5, 0.6) is 0 Å². The number of hydrogen-bond acceptors (Lipinski definition) is 5. The van der Waals surface area contributed by atoms with Gasteiger partial charge in [-0.25, -0.2) is 10.8 Å². The summed E-state index contributed by atoms with van der Waals surface area (Å²) >= 11 is 0. The van der Waals surface area contributed by atoms with Gasteiger partial charge in [0.15, 0.2) is 0 Å². The van der Waals surface area contributed by atoms with Gasteiger partial charge >= 0.3 is 0 Å². The molecule has 0 amide bonds. The van der Waals surface area contributed by atoms with Gasteiger partial charge < -0.3 is 15.2 Å². The van der Waals surface area contributed by atoms with E-state index in [0.717, 1.165) is 32.0 Å². The van der Waals surface area contributed by atoms with Crippen LogP contribution in [-0.4, -0.2) is 43.1 Å². The lowest BCUT2D eigenvalue weighted by Gasteiger charge is -2.33. The molecule has 1 fully saturated rings. The van der Waals surface area contributed by atoms with E-state index in [1.165, 1.54) is 0 Å². The van der Waals surface area contributed by atoms with Gasteiger partial charge in [0.25, 0.3) is 0 Å². The smallest absolute Gasteiger partial charge is 0.142 e. The molecule has 5 nitrogen and oxygen atoms in total. The molecule has 1 aliphatic rings. The molecule has 3 N–H and O–H groups in total. The maximum Gasteiger partial charge on any atom is 0.142 e. The summed E-state index contributed by atoms with van der Waals surface area (Å²) in [5.74, 6) is 7.04. The Morgan fingerprint density at radius 2 is 2.00 bits per heavy atom. The molecule has 82 valence electrons. The summed E-state index contributed by atoms with van der Waals surface area (Å²) in [6, 6.07) is 5.85. The van der Waals surface area contributed by atoms with E-state index in [0.29, 0.717) is 5.82 Å². The number of piperazine rings is 1. The SMILES string of the molecule is CN1CCN(c2cccc(NN)n2)CC1. The van der Waals surface area contributed by atoms with Crippen LogP contribution in [0.15, 0.2) is 18.2 Å². The quantitative estimate of drug-likeness (QED) is 0.533. The van der Waals surface area contributed by atoms with Crippen LogP contribution < -0.4 is 16.2 Å². The minimum Gasteiger partial charge on any atom is -0.354 e. The molecule has 0 bridgehead atoms. The number of nitrogens with zero attached hydrogens (tertiary/aromatic N) is 3. The van der Waals surface area contributed by atoms with E-state index in [-0.39, 0.29) is 0 Å². The Labute approximate surface area is 89.8 Å². The van der Waals surface area contributed by atoms with E-state index in [2.05, 4.69) is 27.3 Å². The number of hydrogen-bond donors (Lipinski definition) is 2. The minimum absolute atomic E-state index is 0.714. The van der Waals surface area contributed by atoms with Crippen LogP contribution in [0.2, 0.25) is 0 Å². The van der Waals surface area contributed by atoms with Gasteiger partial charge in [-0.3, -0.25) is 0 Å². The fraction of sp³-hybridized carbons (Fsp3) is 0.500. The molecule has 0 spiro atoms. The molecule has 1 aromatic heterocycles. The number of nitrogen functional groups attached to an aromatic ring is 1. The Bertz CT molecular complexity index is 319. The van der Waals surface area contributed by atoms with Crippen LogP contribution in [0.3, 0.4) is 0 Å². The second kappa shape index (κ2) is 4.46. The first-order valence-electron chi connectivity index (χ1n) is 5.17. The summed E-state index contributed by atoms with van der Waals surface area (Å²) < 4.78 is 0. The zero-order chi connectivity index (χ0) is 10.7. The maximum atomic E-state index is 5.33. The zero-order valence-corrected chi connectivity index (χ0v) is 8.98. The topological polar surface area (TPSA) is 57.4 Å². The van der Waals surface area contributed by atoms with Crippen molar-refractivity contribution < 1.29 is 0 Å².